The van der Waals surface area contributed by atoms with Crippen molar-refractivity contribution in [2.75, 3.05) is 13.1 Å². The predicted molar refractivity (Wildman–Crippen MR) is 56.2 cm³/mol. The molecule has 1 aliphatic heterocycles. The van der Waals surface area contributed by atoms with E-state index in [-0.39, 0.29) is 5.82 Å². The van der Waals surface area contributed by atoms with Gasteiger partial charge >= 0.3 is 0 Å². The van der Waals surface area contributed by atoms with Crippen molar-refractivity contribution in [1.29, 1.82) is 0 Å². The normalized spacial score (nSPS) is 17.2. The lowest BCUT2D eigenvalue weighted by atomic mass is 10.1. The molecule has 0 atom stereocenters. The second kappa shape index (κ2) is 4.73. The first-order valence-electron chi connectivity index (χ1n) is 5.28. The molecule has 0 spiro atoms. The van der Waals surface area contributed by atoms with Crippen molar-refractivity contribution in [1.82, 2.24) is 4.90 Å². The van der Waals surface area contributed by atoms with Crippen LogP contribution >= 0.6 is 0 Å². The minimum absolute atomic E-state index is 0.324. The molecule has 0 unspecified atom stereocenters. The molecular formula is C12H15FNO. The van der Waals surface area contributed by atoms with Gasteiger partial charge in [-0.25, -0.2) is 4.39 Å². The molecule has 1 aliphatic rings. The fourth-order valence-electron chi connectivity index (χ4n) is 2.05. The number of hydrogen-bond acceptors (Lipinski definition) is 2. The molecule has 3 heteroatoms. The van der Waals surface area contributed by atoms with Gasteiger partial charge in [0.25, 0.3) is 0 Å². The van der Waals surface area contributed by atoms with Crippen molar-refractivity contribution in [2.24, 2.45) is 0 Å². The minimum atomic E-state index is -0.353. The van der Waals surface area contributed by atoms with Gasteiger partial charge in [0.1, 0.15) is 12.4 Å². The maximum absolute atomic E-state index is 13.3. The van der Waals surface area contributed by atoms with E-state index >= 15 is 0 Å². The van der Waals surface area contributed by atoms with Crippen LogP contribution in [0.4, 0.5) is 4.39 Å². The molecule has 0 saturated carbocycles. The van der Waals surface area contributed by atoms with Crippen molar-refractivity contribution in [3.05, 3.63) is 41.8 Å². The molecule has 81 valence electrons. The molecule has 1 radical (unpaired) electrons. The maximum Gasteiger partial charge on any atom is 0.129 e. The number of aliphatic hydroxyl groups excluding tert-OH is 1. The van der Waals surface area contributed by atoms with Crippen LogP contribution < -0.4 is 0 Å². The lowest BCUT2D eigenvalue weighted by Gasteiger charge is -2.16. The molecule has 2 nitrogen and oxygen atoms in total. The zero-order chi connectivity index (χ0) is 10.7. The SMILES string of the molecule is O[CH]c1c(F)cccc1CN1CCCC1. The van der Waals surface area contributed by atoms with E-state index in [1.165, 1.54) is 18.9 Å². The first-order chi connectivity index (χ1) is 7.31. The van der Waals surface area contributed by atoms with Crippen LogP contribution in [0.2, 0.25) is 0 Å². The van der Waals surface area contributed by atoms with Gasteiger partial charge in [-0.05, 0) is 37.6 Å². The number of nitrogens with zero attached hydrogens (tertiary/aromatic N) is 1. The van der Waals surface area contributed by atoms with E-state index in [2.05, 4.69) is 4.90 Å². The molecule has 1 aromatic carbocycles. The van der Waals surface area contributed by atoms with Crippen molar-refractivity contribution < 1.29 is 9.50 Å². The Kier molecular flexibility index (Phi) is 3.34. The highest BCUT2D eigenvalue weighted by Gasteiger charge is 2.15. The predicted octanol–water partition coefficient (Wildman–Crippen LogP) is 2.30. The fourth-order valence-corrected chi connectivity index (χ4v) is 2.05. The molecule has 1 heterocycles. The molecule has 1 fully saturated rings. The van der Waals surface area contributed by atoms with Crippen molar-refractivity contribution in [3.63, 3.8) is 0 Å². The molecule has 1 aromatic rings. The highest BCUT2D eigenvalue weighted by molar-refractivity contribution is 5.32. The van der Waals surface area contributed by atoms with Crippen molar-refractivity contribution in [2.45, 2.75) is 19.4 Å². The first-order valence-corrected chi connectivity index (χ1v) is 5.28. The Morgan fingerprint density at radius 2 is 2.07 bits per heavy atom. The first kappa shape index (κ1) is 10.6. The Morgan fingerprint density at radius 3 is 2.73 bits per heavy atom. The Morgan fingerprint density at radius 1 is 1.33 bits per heavy atom. The smallest absolute Gasteiger partial charge is 0.129 e. The molecule has 1 N–H and O–H groups in total. The summed E-state index contributed by atoms with van der Waals surface area (Å²) in [5.74, 6) is -0.353. The van der Waals surface area contributed by atoms with Crippen LogP contribution in [-0.2, 0) is 6.54 Å². The maximum atomic E-state index is 13.3. The van der Waals surface area contributed by atoms with Crippen LogP contribution in [0, 0.1) is 12.4 Å². The van der Waals surface area contributed by atoms with Crippen LogP contribution in [0.15, 0.2) is 18.2 Å². The monoisotopic (exact) mass is 208 g/mol. The number of hydrogen-bond donors (Lipinski definition) is 1. The van der Waals surface area contributed by atoms with Gasteiger partial charge in [0.05, 0.1) is 0 Å². The third-order valence-corrected chi connectivity index (χ3v) is 2.86. The number of benzene rings is 1. The van der Waals surface area contributed by atoms with E-state index < -0.39 is 0 Å². The van der Waals surface area contributed by atoms with E-state index in [1.54, 1.807) is 6.07 Å². The van der Waals surface area contributed by atoms with Gasteiger partial charge in [0, 0.05) is 12.1 Å². The van der Waals surface area contributed by atoms with Gasteiger partial charge in [-0.1, -0.05) is 12.1 Å². The van der Waals surface area contributed by atoms with E-state index in [0.29, 0.717) is 5.56 Å². The summed E-state index contributed by atoms with van der Waals surface area (Å²) in [5, 5.41) is 8.99. The molecule has 0 aliphatic carbocycles. The highest BCUT2D eigenvalue weighted by Crippen LogP contribution is 2.19. The van der Waals surface area contributed by atoms with Gasteiger partial charge in [-0.2, -0.15) is 0 Å². The zero-order valence-corrected chi connectivity index (χ0v) is 8.62. The molecule has 0 amide bonds. The molecule has 15 heavy (non-hydrogen) atoms. The van der Waals surface area contributed by atoms with Crippen LogP contribution in [-0.4, -0.2) is 23.1 Å². The number of rotatable bonds is 3. The van der Waals surface area contributed by atoms with Crippen LogP contribution in [0.1, 0.15) is 24.0 Å². The van der Waals surface area contributed by atoms with Gasteiger partial charge in [-0.3, -0.25) is 4.90 Å². The minimum Gasteiger partial charge on any atom is -0.385 e. The lowest BCUT2D eigenvalue weighted by molar-refractivity contribution is 0.327. The Labute approximate surface area is 89.3 Å². The van der Waals surface area contributed by atoms with Crippen LogP contribution in [0.25, 0.3) is 0 Å². The summed E-state index contributed by atoms with van der Waals surface area (Å²) in [6, 6.07) is 4.92. The van der Waals surface area contributed by atoms with Crippen LogP contribution in [0.3, 0.4) is 0 Å². The summed E-state index contributed by atoms with van der Waals surface area (Å²) < 4.78 is 13.3. The van der Waals surface area contributed by atoms with E-state index in [9.17, 15) is 4.39 Å². The molecule has 1 saturated heterocycles. The zero-order valence-electron chi connectivity index (χ0n) is 8.62. The van der Waals surface area contributed by atoms with Gasteiger partial charge < -0.3 is 5.11 Å². The fraction of sp³-hybridized carbons (Fsp3) is 0.417. The Hall–Kier alpha value is -0.930. The average Bonchev–Trinajstić information content (AvgIpc) is 2.71. The summed E-state index contributed by atoms with van der Waals surface area (Å²) in [7, 11) is 0. The average molecular weight is 208 g/mol. The second-order valence-corrected chi connectivity index (χ2v) is 3.92. The van der Waals surface area contributed by atoms with Gasteiger partial charge in [0.15, 0.2) is 0 Å². The van der Waals surface area contributed by atoms with Crippen molar-refractivity contribution in [3.8, 4) is 0 Å². The summed E-state index contributed by atoms with van der Waals surface area (Å²) >= 11 is 0. The summed E-state index contributed by atoms with van der Waals surface area (Å²) in [6.45, 7) is 3.73. The van der Waals surface area contributed by atoms with Gasteiger partial charge in [0.2, 0.25) is 0 Å². The molecule has 0 bridgehead atoms. The third-order valence-electron chi connectivity index (χ3n) is 2.86. The van der Waals surface area contributed by atoms with Crippen LogP contribution in [0.5, 0.6) is 0 Å². The highest BCUT2D eigenvalue weighted by atomic mass is 19.1. The third kappa shape index (κ3) is 2.36. The topological polar surface area (TPSA) is 23.5 Å². The number of likely N-dealkylation sites (tertiary alicyclic amines) is 1. The van der Waals surface area contributed by atoms with Crippen molar-refractivity contribution >= 4 is 0 Å². The Balaban J connectivity index is 2.15. The quantitative estimate of drug-likeness (QED) is 0.824. The lowest BCUT2D eigenvalue weighted by Crippen LogP contribution is -2.19. The largest absolute Gasteiger partial charge is 0.385 e. The van der Waals surface area contributed by atoms with E-state index in [4.69, 9.17) is 5.11 Å². The van der Waals surface area contributed by atoms with Gasteiger partial charge in [-0.15, -0.1) is 0 Å². The molecule has 0 aromatic heterocycles. The standard InChI is InChI=1S/C12H15FNO/c13-12-5-3-4-10(11(12)9-15)8-14-6-1-2-7-14/h3-5,9,15H,1-2,6-8H2. The second-order valence-electron chi connectivity index (χ2n) is 3.92. The molecular weight excluding hydrogens is 193 g/mol. The summed E-state index contributed by atoms with van der Waals surface area (Å²) in [4.78, 5) is 2.28. The number of aliphatic hydroxyl groups is 1. The van der Waals surface area contributed by atoms with E-state index in [0.717, 1.165) is 31.8 Å². The molecule has 2 rings (SSSR count). The summed E-state index contributed by atoms with van der Waals surface area (Å²) in [6.07, 6.45) is 2.43. The van der Waals surface area contributed by atoms with E-state index in [1.807, 2.05) is 6.07 Å². The Bertz CT molecular complexity index is 334. The number of halogens is 1. The summed E-state index contributed by atoms with van der Waals surface area (Å²) in [5.41, 5.74) is 1.18.